The number of carbonyl (C=O) groups is 3. The van der Waals surface area contributed by atoms with Gasteiger partial charge in [0.15, 0.2) is 0 Å². The maximum absolute atomic E-state index is 14.3. The van der Waals surface area contributed by atoms with Crippen LogP contribution in [0.4, 0.5) is 0 Å². The molecule has 0 saturated carbocycles. The summed E-state index contributed by atoms with van der Waals surface area (Å²) < 4.78 is 0. The van der Waals surface area contributed by atoms with Gasteiger partial charge in [0.05, 0.1) is 24.3 Å². The number of aryl methyl sites for hydroxylation is 1. The van der Waals surface area contributed by atoms with E-state index in [1.165, 1.54) is 0 Å². The fourth-order valence-corrected chi connectivity index (χ4v) is 8.90. The first-order valence-corrected chi connectivity index (χ1v) is 19.4. The van der Waals surface area contributed by atoms with Crippen LogP contribution in [0.1, 0.15) is 83.5 Å². The topological polar surface area (TPSA) is 196 Å². The third-order valence-corrected chi connectivity index (χ3v) is 12.0. The number of hydrogen-bond acceptors (Lipinski definition) is 9. The van der Waals surface area contributed by atoms with E-state index in [9.17, 15) is 24.3 Å². The van der Waals surface area contributed by atoms with Crippen molar-refractivity contribution in [3.8, 4) is 0 Å². The van der Waals surface area contributed by atoms with Gasteiger partial charge in [0.1, 0.15) is 5.82 Å². The number of H-pyrrole nitrogens is 3. The molecule has 6 heterocycles. The summed E-state index contributed by atoms with van der Waals surface area (Å²) in [6, 6.07) is 13.7. The van der Waals surface area contributed by atoms with E-state index < -0.39 is 12.0 Å². The molecule has 3 aliphatic heterocycles. The number of carbonyl (C=O) groups excluding carboxylic acids is 2. The molecule has 15 nitrogen and oxygen atoms in total. The van der Waals surface area contributed by atoms with E-state index in [1.54, 1.807) is 6.20 Å². The zero-order valence-electron chi connectivity index (χ0n) is 31.1. The van der Waals surface area contributed by atoms with Gasteiger partial charge >= 0.3 is 5.97 Å². The summed E-state index contributed by atoms with van der Waals surface area (Å²) in [5.41, 5.74) is 4.56. The van der Waals surface area contributed by atoms with E-state index in [0.717, 1.165) is 77.3 Å². The first-order chi connectivity index (χ1) is 26.7. The number of carboxylic acid groups (broad SMARTS) is 1. The zero-order valence-corrected chi connectivity index (χ0v) is 31.1. The van der Waals surface area contributed by atoms with Crippen molar-refractivity contribution in [2.75, 3.05) is 45.8 Å². The third kappa shape index (κ3) is 7.89. The van der Waals surface area contributed by atoms with E-state index in [2.05, 4.69) is 52.7 Å². The summed E-state index contributed by atoms with van der Waals surface area (Å²) in [6.45, 7) is 6.23. The van der Waals surface area contributed by atoms with Gasteiger partial charge in [0.25, 0.3) is 11.4 Å². The molecule has 3 aromatic heterocycles. The smallest absolute Gasteiger partial charge is 0.375 e. The van der Waals surface area contributed by atoms with Crippen LogP contribution >= 0.6 is 0 Å². The molecule has 3 fully saturated rings. The lowest BCUT2D eigenvalue weighted by Gasteiger charge is -2.42. The Kier molecular flexibility index (Phi) is 10.5. The molecule has 2 amide bonds. The van der Waals surface area contributed by atoms with Crippen molar-refractivity contribution in [2.45, 2.75) is 75.8 Å². The van der Waals surface area contributed by atoms with Crippen LogP contribution in [-0.4, -0.2) is 126 Å². The number of piperidine rings is 3. The van der Waals surface area contributed by atoms with Gasteiger partial charge in [0.2, 0.25) is 11.8 Å². The van der Waals surface area contributed by atoms with Gasteiger partial charge in [-0.15, -0.1) is 5.10 Å². The molecule has 8 rings (SSSR count). The molecule has 0 unspecified atom stereocenters. The van der Waals surface area contributed by atoms with Crippen molar-refractivity contribution >= 4 is 39.6 Å². The first-order valence-electron chi connectivity index (χ1n) is 19.4. The van der Waals surface area contributed by atoms with Crippen LogP contribution in [0.3, 0.4) is 0 Å². The van der Waals surface area contributed by atoms with Crippen molar-refractivity contribution in [2.24, 2.45) is 0 Å². The van der Waals surface area contributed by atoms with Crippen molar-refractivity contribution in [3.05, 3.63) is 87.4 Å². The molecule has 5 aromatic rings. The second-order valence-corrected chi connectivity index (χ2v) is 15.4. The predicted octanol–water partition coefficient (Wildman–Crippen LogP) is 3.31. The molecular formula is C40H48N10O5. The molecule has 0 spiro atoms. The molecule has 5 N–H and O–H groups in total. The average molecular weight is 749 g/mol. The Labute approximate surface area is 317 Å². The van der Waals surface area contributed by atoms with Crippen molar-refractivity contribution in [1.29, 1.82) is 0 Å². The summed E-state index contributed by atoms with van der Waals surface area (Å²) in [4.78, 5) is 65.5. The molecule has 288 valence electrons. The summed E-state index contributed by atoms with van der Waals surface area (Å²) in [5, 5.41) is 28.4. The Morgan fingerprint density at radius 2 is 1.62 bits per heavy atom. The number of benzene rings is 2. The summed E-state index contributed by atoms with van der Waals surface area (Å²) in [5.74, 6) is -0.500. The highest BCUT2D eigenvalue weighted by Crippen LogP contribution is 2.30. The normalized spacial score (nSPS) is 18.6. The number of likely N-dealkylation sites (tertiary alicyclic amines) is 3. The number of fused-ring (bicyclic) bond motifs is 2. The highest BCUT2D eigenvalue weighted by Gasteiger charge is 2.34. The van der Waals surface area contributed by atoms with E-state index in [1.807, 2.05) is 47.1 Å². The van der Waals surface area contributed by atoms with Gasteiger partial charge in [0, 0.05) is 54.6 Å². The van der Waals surface area contributed by atoms with Crippen molar-refractivity contribution < 1.29 is 19.5 Å². The zero-order chi connectivity index (χ0) is 38.1. The Hall–Kier alpha value is -5.41. The second-order valence-electron chi connectivity index (χ2n) is 15.4. The highest BCUT2D eigenvalue weighted by molar-refractivity contribution is 5.86. The maximum atomic E-state index is 14.3. The number of aromatic amines is 3. The Morgan fingerprint density at radius 1 is 0.891 bits per heavy atom. The number of pyridine rings is 1. The largest absolute Gasteiger partial charge is 0.475 e. The molecule has 0 bridgehead atoms. The van der Waals surface area contributed by atoms with Gasteiger partial charge in [-0.25, -0.2) is 9.78 Å². The highest BCUT2D eigenvalue weighted by atomic mass is 16.4. The van der Waals surface area contributed by atoms with Crippen LogP contribution in [0.25, 0.3) is 21.8 Å². The molecule has 3 saturated heterocycles. The molecule has 0 aliphatic carbocycles. The van der Waals surface area contributed by atoms with Crippen LogP contribution in [0.15, 0.2) is 53.5 Å². The first kappa shape index (κ1) is 36.6. The van der Waals surface area contributed by atoms with Crippen LogP contribution in [0, 0.1) is 6.92 Å². The minimum absolute atomic E-state index is 0.00342. The molecule has 55 heavy (non-hydrogen) atoms. The standard InChI is InChI=1S/C40H48N10O5/c1-24-18-25(19-29-22-42-45-35(24)29)20-33(41-23-34(51)49-14-6-26(7-15-49)31-21-28-4-2-3-5-32(28)43-38(31)52)39(53)50-16-10-30(11-17-50)48-12-8-27(9-13-48)36-44-37(40(54)55)47-46-36/h2-5,18-19,21-22,26-27,30,33,41H,6-17,20,23H2,1H3,(H,42,45)(H,43,52)(H,54,55)(H,44,46,47)/t33-/m1/s1. The Balaban J connectivity index is 0.881. The van der Waals surface area contributed by atoms with E-state index in [-0.39, 0.29) is 41.6 Å². The number of aromatic nitrogens is 6. The molecule has 15 heteroatoms. The SMILES string of the molecule is Cc1cc(C[C@@H](NCC(=O)N2CCC(c3cc4ccccc4[nH]c3=O)CC2)C(=O)N2CCC(N3CCC(c4nc(C(=O)O)n[nH]4)CC3)CC2)cc2cn[nH]c12. The van der Waals surface area contributed by atoms with Gasteiger partial charge < -0.3 is 24.8 Å². The molecule has 1 atom stereocenters. The number of carboxylic acids is 1. The summed E-state index contributed by atoms with van der Waals surface area (Å²) >= 11 is 0. The minimum Gasteiger partial charge on any atom is -0.475 e. The van der Waals surface area contributed by atoms with Crippen LogP contribution < -0.4 is 10.9 Å². The fourth-order valence-electron chi connectivity index (χ4n) is 8.90. The number of amides is 2. The lowest BCUT2D eigenvalue weighted by Crippen LogP contribution is -2.55. The Morgan fingerprint density at radius 3 is 2.36 bits per heavy atom. The third-order valence-electron chi connectivity index (χ3n) is 12.0. The number of aromatic carboxylic acids is 1. The lowest BCUT2D eigenvalue weighted by molar-refractivity contribution is -0.136. The van der Waals surface area contributed by atoms with Gasteiger partial charge in [-0.2, -0.15) is 5.10 Å². The monoisotopic (exact) mass is 748 g/mol. The molecular weight excluding hydrogens is 701 g/mol. The van der Waals surface area contributed by atoms with Gasteiger partial charge in [-0.05, 0) is 106 Å². The predicted molar refractivity (Wildman–Crippen MR) is 206 cm³/mol. The van der Waals surface area contributed by atoms with Crippen LogP contribution in [0.2, 0.25) is 0 Å². The van der Waals surface area contributed by atoms with Crippen molar-refractivity contribution in [1.82, 2.24) is 50.4 Å². The number of para-hydroxylation sites is 1. The van der Waals surface area contributed by atoms with E-state index >= 15 is 0 Å². The lowest BCUT2D eigenvalue weighted by atomic mass is 9.89. The van der Waals surface area contributed by atoms with Gasteiger partial charge in [-0.3, -0.25) is 29.9 Å². The Bertz CT molecular complexity index is 2240. The molecule has 0 radical (unpaired) electrons. The van der Waals surface area contributed by atoms with E-state index in [4.69, 9.17) is 0 Å². The number of rotatable bonds is 10. The van der Waals surface area contributed by atoms with Crippen molar-refractivity contribution in [3.63, 3.8) is 0 Å². The average Bonchev–Trinajstić information content (AvgIpc) is 3.91. The van der Waals surface area contributed by atoms with E-state index in [0.29, 0.717) is 57.3 Å². The molecule has 3 aliphatic rings. The summed E-state index contributed by atoms with van der Waals surface area (Å²) in [6.07, 6.45) is 7.11. The second kappa shape index (κ2) is 15.7. The number of hydrogen-bond donors (Lipinski definition) is 5. The number of nitrogens with one attached hydrogen (secondary N) is 4. The minimum atomic E-state index is -1.13. The maximum Gasteiger partial charge on any atom is 0.375 e. The quantitative estimate of drug-likeness (QED) is 0.141. The van der Waals surface area contributed by atoms with Gasteiger partial charge in [-0.1, -0.05) is 24.3 Å². The van der Waals surface area contributed by atoms with Crippen LogP contribution in [0.5, 0.6) is 0 Å². The number of nitrogens with zero attached hydrogens (tertiary/aromatic N) is 6. The molecule has 2 aromatic carbocycles. The van der Waals surface area contributed by atoms with Crippen LogP contribution in [-0.2, 0) is 16.0 Å². The summed E-state index contributed by atoms with van der Waals surface area (Å²) in [7, 11) is 0. The fraction of sp³-hybridized carbons (Fsp3) is 0.475.